The first-order valence-electron chi connectivity index (χ1n) is 13.5. The fourth-order valence-electron chi connectivity index (χ4n) is 5.40. The molecular weight excluding hydrogens is 520 g/mol. The largest absolute Gasteiger partial charge is 0.396 e. The van der Waals surface area contributed by atoms with Gasteiger partial charge in [0.2, 0.25) is 0 Å². The Morgan fingerprint density at radius 3 is 2.59 bits per heavy atom. The van der Waals surface area contributed by atoms with Crippen LogP contribution in [-0.4, -0.2) is 47.5 Å². The van der Waals surface area contributed by atoms with E-state index in [9.17, 15) is 14.7 Å². The smallest absolute Gasteiger partial charge is 0.279 e. The maximum Gasteiger partial charge on any atom is 0.279 e. The van der Waals surface area contributed by atoms with Crippen molar-refractivity contribution < 1.29 is 15.0 Å². The maximum atomic E-state index is 14.0. The van der Waals surface area contributed by atoms with Gasteiger partial charge in [0.15, 0.2) is 5.60 Å². The van der Waals surface area contributed by atoms with Gasteiger partial charge in [0.1, 0.15) is 0 Å². The highest BCUT2D eigenvalue weighted by atomic mass is 16.3. The topological polar surface area (TPSA) is 129 Å². The third-order valence-corrected chi connectivity index (χ3v) is 7.59. The number of hydrogen-bond donors (Lipinski definition) is 3. The molecule has 1 aliphatic rings. The number of H-pyrrole nitrogens is 1. The molecule has 3 heterocycles. The van der Waals surface area contributed by atoms with Crippen LogP contribution >= 0.6 is 0 Å². The molecule has 1 amide bonds. The Morgan fingerprint density at radius 1 is 1.02 bits per heavy atom. The number of para-hydroxylation sites is 2. The summed E-state index contributed by atoms with van der Waals surface area (Å²) in [5.74, 6) is -1.04. The van der Waals surface area contributed by atoms with Gasteiger partial charge >= 0.3 is 0 Å². The molecule has 3 N–H and O–H groups in total. The maximum absolute atomic E-state index is 14.0. The minimum Gasteiger partial charge on any atom is -0.396 e. The van der Waals surface area contributed by atoms with Gasteiger partial charge in [-0.25, -0.2) is 4.68 Å². The number of aliphatic hydroxyl groups is 2. The number of carbonyl (C=O) groups excluding carboxylic acids is 1. The van der Waals surface area contributed by atoms with Crippen molar-refractivity contribution in [1.82, 2.24) is 24.8 Å². The highest BCUT2D eigenvalue weighted by Crippen LogP contribution is 2.48. The van der Waals surface area contributed by atoms with Gasteiger partial charge in [-0.15, -0.1) is 5.10 Å². The van der Waals surface area contributed by atoms with E-state index in [1.807, 2.05) is 67.6 Å². The highest BCUT2D eigenvalue weighted by Gasteiger charge is 2.53. The molecule has 0 unspecified atom stereocenters. The summed E-state index contributed by atoms with van der Waals surface area (Å²) in [4.78, 5) is 28.7. The van der Waals surface area contributed by atoms with Crippen LogP contribution in [0.2, 0.25) is 0 Å². The van der Waals surface area contributed by atoms with E-state index in [0.717, 1.165) is 5.69 Å². The van der Waals surface area contributed by atoms with E-state index >= 15 is 0 Å². The number of fused-ring (bicyclic) bond motifs is 2. The number of aromatic amines is 1. The first-order chi connectivity index (χ1) is 19.9. The molecule has 0 radical (unpaired) electrons. The lowest BCUT2D eigenvalue weighted by atomic mass is 9.82. The third kappa shape index (κ3) is 4.56. The molecule has 0 fully saturated rings. The number of rotatable bonds is 9. The van der Waals surface area contributed by atoms with Gasteiger partial charge in [0.05, 0.1) is 28.0 Å². The van der Waals surface area contributed by atoms with Crippen molar-refractivity contribution in [3.8, 4) is 5.69 Å². The first kappa shape index (κ1) is 26.4. The quantitative estimate of drug-likeness (QED) is 0.241. The van der Waals surface area contributed by atoms with Gasteiger partial charge in [0, 0.05) is 42.9 Å². The number of aryl methyl sites for hydroxylation is 1. The lowest BCUT2D eigenvalue weighted by Crippen LogP contribution is -2.42. The van der Waals surface area contributed by atoms with Gasteiger partial charge < -0.3 is 10.2 Å². The van der Waals surface area contributed by atoms with Crippen molar-refractivity contribution in [1.29, 1.82) is 0 Å². The summed E-state index contributed by atoms with van der Waals surface area (Å²) < 4.78 is 3.14. The van der Waals surface area contributed by atoms with Crippen LogP contribution in [0.3, 0.4) is 0 Å². The molecule has 2 atom stereocenters. The Kier molecular flexibility index (Phi) is 6.86. The first-order valence-corrected chi connectivity index (χ1v) is 13.5. The van der Waals surface area contributed by atoms with E-state index in [1.54, 1.807) is 35.1 Å². The van der Waals surface area contributed by atoms with Crippen LogP contribution in [0.5, 0.6) is 0 Å². The predicted octanol–water partition coefficient (Wildman–Crippen LogP) is 3.59. The number of amides is 1. The van der Waals surface area contributed by atoms with Crippen molar-refractivity contribution in [2.24, 2.45) is 5.92 Å². The van der Waals surface area contributed by atoms with Crippen molar-refractivity contribution in [2.75, 3.05) is 11.5 Å². The molecule has 3 aromatic carbocycles. The Bertz CT molecular complexity index is 1800. The van der Waals surface area contributed by atoms with E-state index in [-0.39, 0.29) is 12.2 Å². The third-order valence-electron chi connectivity index (χ3n) is 7.59. The monoisotopic (exact) mass is 550 g/mol. The van der Waals surface area contributed by atoms with Gasteiger partial charge in [-0.3, -0.25) is 24.3 Å². The minimum atomic E-state index is -1.87. The summed E-state index contributed by atoms with van der Waals surface area (Å²) in [5, 5.41) is 33.0. The van der Waals surface area contributed by atoms with Crippen molar-refractivity contribution in [3.05, 3.63) is 113 Å². The SMILES string of the molecule is C[C@@H](/C=C/CCn1cc(CCO)nn1)[C@]1(O)C(=O)N(c2ccccc2)c2ccc(-n3[nH]c4ccccc4c3=O)cc21. The number of nitrogens with one attached hydrogen (secondary N) is 1. The molecule has 10 heteroatoms. The zero-order chi connectivity index (χ0) is 28.6. The lowest BCUT2D eigenvalue weighted by molar-refractivity contribution is -0.138. The van der Waals surface area contributed by atoms with Gasteiger partial charge in [-0.2, -0.15) is 0 Å². The van der Waals surface area contributed by atoms with Crippen LogP contribution in [0.1, 0.15) is 24.6 Å². The molecule has 1 aliphatic heterocycles. The molecule has 0 saturated carbocycles. The Morgan fingerprint density at radius 2 is 1.80 bits per heavy atom. The summed E-state index contributed by atoms with van der Waals surface area (Å²) in [6.07, 6.45) is 6.61. The summed E-state index contributed by atoms with van der Waals surface area (Å²) in [6, 6.07) is 21.7. The number of nitrogens with zero attached hydrogens (tertiary/aromatic N) is 5. The summed E-state index contributed by atoms with van der Waals surface area (Å²) in [6.45, 7) is 2.39. The zero-order valence-electron chi connectivity index (χ0n) is 22.5. The average molecular weight is 551 g/mol. The van der Waals surface area contributed by atoms with Crippen molar-refractivity contribution in [3.63, 3.8) is 0 Å². The molecular formula is C31H30N6O4. The molecule has 41 heavy (non-hydrogen) atoms. The summed E-state index contributed by atoms with van der Waals surface area (Å²) in [7, 11) is 0. The second-order valence-corrected chi connectivity index (χ2v) is 10.2. The Balaban J connectivity index is 1.35. The van der Waals surface area contributed by atoms with Crippen LogP contribution in [-0.2, 0) is 23.4 Å². The van der Waals surface area contributed by atoms with Crippen LogP contribution in [0.4, 0.5) is 11.4 Å². The molecule has 2 aromatic heterocycles. The van der Waals surface area contributed by atoms with Crippen molar-refractivity contribution >= 4 is 28.2 Å². The average Bonchev–Trinajstić information content (AvgIpc) is 3.65. The van der Waals surface area contributed by atoms with Crippen LogP contribution in [0.15, 0.2) is 95.9 Å². The molecule has 208 valence electrons. The fourth-order valence-corrected chi connectivity index (χ4v) is 5.40. The zero-order valence-corrected chi connectivity index (χ0v) is 22.5. The van der Waals surface area contributed by atoms with Crippen LogP contribution in [0, 0.1) is 5.92 Å². The molecule has 10 nitrogen and oxygen atoms in total. The second-order valence-electron chi connectivity index (χ2n) is 10.2. The fraction of sp³-hybridized carbons (Fsp3) is 0.226. The van der Waals surface area contributed by atoms with E-state index in [2.05, 4.69) is 15.4 Å². The molecule has 0 bridgehead atoms. The number of aliphatic hydroxyl groups excluding tert-OH is 1. The Hall–Kier alpha value is -4.80. The van der Waals surface area contributed by atoms with Crippen molar-refractivity contribution in [2.45, 2.75) is 31.9 Å². The number of aromatic nitrogens is 5. The van der Waals surface area contributed by atoms with Gasteiger partial charge in [0.25, 0.3) is 11.5 Å². The molecule has 0 aliphatic carbocycles. The van der Waals surface area contributed by atoms with Crippen LogP contribution in [0.25, 0.3) is 16.6 Å². The molecule has 0 spiro atoms. The van der Waals surface area contributed by atoms with E-state index in [4.69, 9.17) is 5.11 Å². The van der Waals surface area contributed by atoms with E-state index in [1.165, 1.54) is 9.58 Å². The number of carbonyl (C=O) groups is 1. The highest BCUT2D eigenvalue weighted by molar-refractivity contribution is 6.12. The molecule has 6 rings (SSSR count). The minimum absolute atomic E-state index is 0.0147. The number of anilines is 2. The summed E-state index contributed by atoms with van der Waals surface area (Å²) in [5.41, 5.74) is 1.50. The lowest BCUT2D eigenvalue weighted by Gasteiger charge is -2.27. The van der Waals surface area contributed by atoms with E-state index in [0.29, 0.717) is 52.9 Å². The normalized spacial score (nSPS) is 17.5. The Labute approximate surface area is 235 Å². The molecule has 5 aromatic rings. The van der Waals surface area contributed by atoms with E-state index < -0.39 is 17.4 Å². The predicted molar refractivity (Wildman–Crippen MR) is 155 cm³/mol. The molecule has 0 saturated heterocycles. The number of benzene rings is 3. The standard InChI is InChI=1S/C31H30N6O4/c1-21(9-7-8-17-35-20-22(16-18-38)32-34-35)31(41)26-19-24(37-29(39)25-12-5-6-13-27(25)33-37)14-15-28(26)36(30(31)40)23-10-3-2-4-11-23/h2-7,9-15,19-21,33,38,41H,8,16-18H2,1H3/b9-7+/t21-,31+/m0/s1. The van der Waals surface area contributed by atoms with Gasteiger partial charge in [-0.05, 0) is 48.9 Å². The van der Waals surface area contributed by atoms with Gasteiger partial charge in [-0.1, -0.05) is 54.6 Å². The second kappa shape index (κ2) is 10.6. The number of allylic oxidation sites excluding steroid dienone is 1. The summed E-state index contributed by atoms with van der Waals surface area (Å²) >= 11 is 0. The number of hydrogen-bond acceptors (Lipinski definition) is 6. The van der Waals surface area contributed by atoms with Crippen LogP contribution < -0.4 is 10.5 Å².